The van der Waals surface area contributed by atoms with Crippen molar-refractivity contribution in [2.45, 2.75) is 44.9 Å². The van der Waals surface area contributed by atoms with Gasteiger partial charge >= 0.3 is 5.97 Å². The Morgan fingerprint density at radius 3 is 2.46 bits per heavy atom. The maximum atomic E-state index is 12.7. The molecule has 1 aromatic carbocycles. The summed E-state index contributed by atoms with van der Waals surface area (Å²) in [5.41, 5.74) is 7.99. The van der Waals surface area contributed by atoms with E-state index < -0.39 is 41.7 Å². The van der Waals surface area contributed by atoms with Gasteiger partial charge in [-0.1, -0.05) is 31.2 Å². The van der Waals surface area contributed by atoms with Gasteiger partial charge in [-0.15, -0.1) is 0 Å². The van der Waals surface area contributed by atoms with E-state index in [1.165, 1.54) is 6.92 Å². The molecule has 0 bridgehead atoms. The highest BCUT2D eigenvalue weighted by molar-refractivity contribution is 5.88. The zero-order valence-corrected chi connectivity index (χ0v) is 15.8. The highest BCUT2D eigenvalue weighted by atomic mass is 16.5. The Bertz CT molecular complexity index is 779. The van der Waals surface area contributed by atoms with Crippen LogP contribution in [0.25, 0.3) is 0 Å². The molecule has 0 aliphatic carbocycles. The molecule has 2 rings (SSSR count). The molecular formula is C19H25N3O6. The minimum absolute atomic E-state index is 0.0240. The quantitative estimate of drug-likeness (QED) is 0.384. The van der Waals surface area contributed by atoms with Crippen LogP contribution in [0.5, 0.6) is 0 Å². The summed E-state index contributed by atoms with van der Waals surface area (Å²) in [5.74, 6) is -3.24. The van der Waals surface area contributed by atoms with Gasteiger partial charge < -0.3 is 20.9 Å². The fourth-order valence-electron chi connectivity index (χ4n) is 3.09. The van der Waals surface area contributed by atoms with Gasteiger partial charge in [0.05, 0.1) is 18.6 Å². The molecule has 0 saturated heterocycles. The van der Waals surface area contributed by atoms with Gasteiger partial charge in [-0.2, -0.15) is 0 Å². The third kappa shape index (κ3) is 5.08. The zero-order valence-electron chi connectivity index (χ0n) is 15.8. The minimum atomic E-state index is -1.46. The van der Waals surface area contributed by atoms with Crippen LogP contribution in [0.3, 0.4) is 0 Å². The SMILES string of the molecule is CCc1ccccc1CCN(O)C(=O)[C@@H]1OC(C(=O)O)=C[C@H](N)[C@H]1NC(C)=O. The van der Waals surface area contributed by atoms with E-state index in [2.05, 4.69) is 5.32 Å². The first kappa shape index (κ1) is 21.4. The highest BCUT2D eigenvalue weighted by Gasteiger charge is 2.42. The van der Waals surface area contributed by atoms with Crippen molar-refractivity contribution in [2.24, 2.45) is 5.73 Å². The summed E-state index contributed by atoms with van der Waals surface area (Å²) in [6.45, 7) is 3.22. The minimum Gasteiger partial charge on any atom is -0.475 e. The number of nitrogens with two attached hydrogens (primary N) is 1. The first-order chi connectivity index (χ1) is 13.2. The number of hydrogen-bond acceptors (Lipinski definition) is 6. The van der Waals surface area contributed by atoms with Crippen LogP contribution in [0.1, 0.15) is 25.0 Å². The van der Waals surface area contributed by atoms with Gasteiger partial charge in [0.1, 0.15) is 0 Å². The lowest BCUT2D eigenvalue weighted by Gasteiger charge is -2.35. The van der Waals surface area contributed by atoms with Crippen LogP contribution < -0.4 is 11.1 Å². The summed E-state index contributed by atoms with van der Waals surface area (Å²) in [6, 6.07) is 5.70. The molecule has 0 aromatic heterocycles. The average Bonchev–Trinajstić information content (AvgIpc) is 2.66. The van der Waals surface area contributed by atoms with E-state index in [4.69, 9.17) is 15.6 Å². The number of hydroxylamine groups is 2. The summed E-state index contributed by atoms with van der Waals surface area (Å²) in [6.07, 6.45) is 0.873. The predicted octanol–water partition coefficient (Wildman–Crippen LogP) is 0.209. The molecule has 1 aliphatic heterocycles. The Labute approximate surface area is 162 Å². The smallest absolute Gasteiger partial charge is 0.370 e. The van der Waals surface area contributed by atoms with Gasteiger partial charge in [-0.05, 0) is 30.0 Å². The molecule has 152 valence electrons. The van der Waals surface area contributed by atoms with Crippen LogP contribution in [0.4, 0.5) is 0 Å². The molecule has 0 spiro atoms. The van der Waals surface area contributed by atoms with Crippen LogP contribution >= 0.6 is 0 Å². The van der Waals surface area contributed by atoms with Crippen LogP contribution in [-0.2, 0) is 32.0 Å². The first-order valence-electron chi connectivity index (χ1n) is 8.96. The molecule has 1 heterocycles. The second-order valence-electron chi connectivity index (χ2n) is 6.51. The fraction of sp³-hybridized carbons (Fsp3) is 0.421. The van der Waals surface area contributed by atoms with Crippen molar-refractivity contribution in [1.29, 1.82) is 0 Å². The van der Waals surface area contributed by atoms with Crippen LogP contribution in [0.15, 0.2) is 36.1 Å². The summed E-state index contributed by atoms with van der Waals surface area (Å²) < 4.78 is 5.23. The molecule has 9 nitrogen and oxygen atoms in total. The topological polar surface area (TPSA) is 142 Å². The van der Waals surface area contributed by atoms with Crippen molar-refractivity contribution in [3.8, 4) is 0 Å². The number of aryl methyl sites for hydroxylation is 1. The van der Waals surface area contributed by atoms with E-state index in [0.717, 1.165) is 23.6 Å². The Hall–Kier alpha value is -2.91. The van der Waals surface area contributed by atoms with Gasteiger partial charge in [-0.3, -0.25) is 14.8 Å². The van der Waals surface area contributed by atoms with Gasteiger partial charge in [-0.25, -0.2) is 9.86 Å². The first-order valence-corrected chi connectivity index (χ1v) is 8.96. The predicted molar refractivity (Wildman–Crippen MR) is 99.2 cm³/mol. The zero-order chi connectivity index (χ0) is 20.8. The van der Waals surface area contributed by atoms with E-state index in [1.807, 2.05) is 31.2 Å². The van der Waals surface area contributed by atoms with E-state index in [1.54, 1.807) is 0 Å². The number of nitrogens with zero attached hydrogens (tertiary/aromatic N) is 1. The van der Waals surface area contributed by atoms with Gasteiger partial charge in [0, 0.05) is 6.92 Å². The van der Waals surface area contributed by atoms with E-state index in [9.17, 15) is 19.6 Å². The number of benzene rings is 1. The molecule has 0 fully saturated rings. The summed E-state index contributed by atoms with van der Waals surface area (Å²) in [5, 5.41) is 22.3. The lowest BCUT2D eigenvalue weighted by molar-refractivity contribution is -0.179. The Kier molecular flexibility index (Phi) is 7.13. The van der Waals surface area contributed by atoms with Gasteiger partial charge in [0.15, 0.2) is 0 Å². The van der Waals surface area contributed by atoms with Gasteiger partial charge in [0.25, 0.3) is 5.91 Å². The van der Waals surface area contributed by atoms with E-state index in [0.29, 0.717) is 11.5 Å². The number of rotatable bonds is 7. The molecule has 1 aliphatic rings. The average molecular weight is 391 g/mol. The van der Waals surface area contributed by atoms with Crippen LogP contribution in [0.2, 0.25) is 0 Å². The number of carboxylic acids is 1. The summed E-state index contributed by atoms with van der Waals surface area (Å²) in [7, 11) is 0. The van der Waals surface area contributed by atoms with Crippen molar-refractivity contribution in [3.63, 3.8) is 0 Å². The Morgan fingerprint density at radius 1 is 1.25 bits per heavy atom. The molecular weight excluding hydrogens is 366 g/mol. The largest absolute Gasteiger partial charge is 0.475 e. The number of carbonyl (C=O) groups is 3. The third-order valence-electron chi connectivity index (χ3n) is 4.51. The number of carbonyl (C=O) groups excluding carboxylic acids is 2. The lowest BCUT2D eigenvalue weighted by atomic mass is 9.97. The van der Waals surface area contributed by atoms with Crippen molar-refractivity contribution in [2.75, 3.05) is 6.54 Å². The monoisotopic (exact) mass is 391 g/mol. The summed E-state index contributed by atoms with van der Waals surface area (Å²) >= 11 is 0. The van der Waals surface area contributed by atoms with E-state index >= 15 is 0 Å². The van der Waals surface area contributed by atoms with Crippen LogP contribution in [-0.4, -0.2) is 57.9 Å². The maximum absolute atomic E-state index is 12.7. The lowest BCUT2D eigenvalue weighted by Crippen LogP contribution is -2.61. The van der Waals surface area contributed by atoms with E-state index in [-0.39, 0.29) is 6.54 Å². The van der Waals surface area contributed by atoms with Crippen LogP contribution in [0, 0.1) is 0 Å². The molecule has 28 heavy (non-hydrogen) atoms. The molecule has 3 atom stereocenters. The van der Waals surface area contributed by atoms with Crippen molar-refractivity contribution in [3.05, 3.63) is 47.2 Å². The molecule has 9 heteroatoms. The maximum Gasteiger partial charge on any atom is 0.370 e. The fourth-order valence-corrected chi connectivity index (χ4v) is 3.09. The number of ether oxygens (including phenoxy) is 1. The number of aliphatic carboxylic acids is 1. The second kappa shape index (κ2) is 9.34. The highest BCUT2D eigenvalue weighted by Crippen LogP contribution is 2.20. The number of amides is 2. The third-order valence-corrected chi connectivity index (χ3v) is 4.51. The van der Waals surface area contributed by atoms with Crippen molar-refractivity contribution >= 4 is 17.8 Å². The molecule has 0 radical (unpaired) electrons. The Morgan fingerprint density at radius 2 is 1.89 bits per heavy atom. The number of hydrogen-bond donors (Lipinski definition) is 4. The molecule has 0 unspecified atom stereocenters. The molecule has 1 aromatic rings. The second-order valence-corrected chi connectivity index (χ2v) is 6.51. The molecule has 2 amide bonds. The standard InChI is InChI=1S/C19H25N3O6/c1-3-12-6-4-5-7-13(12)8-9-22(27)18(24)17-16(21-11(2)23)14(20)10-15(28-17)19(25)26/h4-7,10,14,16-17,27H,3,8-9,20H2,1-2H3,(H,21,23)(H,25,26)/t14-,16+,17+/m0/s1. The van der Waals surface area contributed by atoms with Crippen molar-refractivity contribution in [1.82, 2.24) is 10.4 Å². The normalized spacial score (nSPS) is 21.3. The Balaban J connectivity index is 2.14. The van der Waals surface area contributed by atoms with Gasteiger partial charge in [0.2, 0.25) is 17.8 Å². The number of nitrogens with one attached hydrogen (secondary N) is 1. The number of carboxylic acid groups (broad SMARTS) is 1. The summed E-state index contributed by atoms with van der Waals surface area (Å²) in [4.78, 5) is 35.4. The van der Waals surface area contributed by atoms with Crippen molar-refractivity contribution < 1.29 is 29.4 Å². The molecule has 0 saturated carbocycles. The molecule has 5 N–H and O–H groups in total.